The first-order valence-electron chi connectivity index (χ1n) is 11.2. The lowest BCUT2D eigenvalue weighted by Crippen LogP contribution is -2.19. The molecule has 0 saturated heterocycles. The zero-order chi connectivity index (χ0) is 25.6. The van der Waals surface area contributed by atoms with Gasteiger partial charge in [0.25, 0.3) is 16.6 Å². The zero-order valence-electron chi connectivity index (χ0n) is 19.3. The summed E-state index contributed by atoms with van der Waals surface area (Å²) in [6.45, 7) is 0.620. The SMILES string of the molecule is NC(CC(=O)CCCCCO[N+](=O)[O-])=NCCCC(CC(=O)CCCCCO[N+](=O)[O-])OC=O. The van der Waals surface area contributed by atoms with Crippen molar-refractivity contribution < 1.29 is 39.0 Å². The van der Waals surface area contributed by atoms with Crippen molar-refractivity contribution in [3.8, 4) is 0 Å². The third-order valence-electron chi connectivity index (χ3n) is 4.67. The Morgan fingerprint density at radius 3 is 1.97 bits per heavy atom. The van der Waals surface area contributed by atoms with Crippen molar-refractivity contribution in [1.29, 1.82) is 0 Å². The van der Waals surface area contributed by atoms with Crippen LogP contribution in [0.1, 0.15) is 77.0 Å². The number of carbonyl (C=O) groups is 3. The molecule has 34 heavy (non-hydrogen) atoms. The predicted molar refractivity (Wildman–Crippen MR) is 119 cm³/mol. The summed E-state index contributed by atoms with van der Waals surface area (Å²) in [7, 11) is 0. The van der Waals surface area contributed by atoms with Gasteiger partial charge in [0.1, 0.15) is 23.5 Å². The molecule has 0 bridgehead atoms. The van der Waals surface area contributed by atoms with Gasteiger partial charge in [-0.25, -0.2) is 0 Å². The first kappa shape index (κ1) is 30.7. The number of hydrogen-bond acceptors (Lipinski definition) is 11. The number of ether oxygens (including phenoxy) is 1. The summed E-state index contributed by atoms with van der Waals surface area (Å²) in [6, 6.07) is 0. The fourth-order valence-electron chi connectivity index (χ4n) is 3.02. The second kappa shape index (κ2) is 20.3. The van der Waals surface area contributed by atoms with Crippen LogP contribution in [0.2, 0.25) is 0 Å². The first-order chi connectivity index (χ1) is 16.2. The second-order valence-electron chi connectivity index (χ2n) is 7.56. The van der Waals surface area contributed by atoms with E-state index < -0.39 is 16.3 Å². The van der Waals surface area contributed by atoms with Crippen molar-refractivity contribution in [3.63, 3.8) is 0 Å². The van der Waals surface area contributed by atoms with Gasteiger partial charge in [-0.05, 0) is 38.5 Å². The van der Waals surface area contributed by atoms with E-state index in [4.69, 9.17) is 10.5 Å². The molecule has 0 saturated carbocycles. The summed E-state index contributed by atoms with van der Waals surface area (Å²) < 4.78 is 4.96. The Hall–Kier alpha value is -3.32. The fraction of sp³-hybridized carbons (Fsp3) is 0.800. The van der Waals surface area contributed by atoms with E-state index in [0.29, 0.717) is 70.8 Å². The molecule has 0 heterocycles. The van der Waals surface area contributed by atoms with Crippen LogP contribution >= 0.6 is 0 Å². The topological polar surface area (TPSA) is 204 Å². The normalized spacial score (nSPS) is 11.9. The van der Waals surface area contributed by atoms with Gasteiger partial charge in [0.05, 0.1) is 19.6 Å². The quantitative estimate of drug-likeness (QED) is 0.0518. The Morgan fingerprint density at radius 2 is 1.44 bits per heavy atom. The first-order valence-corrected chi connectivity index (χ1v) is 11.2. The minimum atomic E-state index is -0.855. The molecule has 0 spiro atoms. The van der Waals surface area contributed by atoms with E-state index in [0.717, 1.165) is 0 Å². The van der Waals surface area contributed by atoms with E-state index in [1.165, 1.54) is 0 Å². The van der Waals surface area contributed by atoms with Gasteiger partial charge in [-0.3, -0.25) is 19.4 Å². The van der Waals surface area contributed by atoms with Gasteiger partial charge in [0, 0.05) is 25.8 Å². The van der Waals surface area contributed by atoms with Crippen LogP contribution in [0.25, 0.3) is 0 Å². The number of carbonyl (C=O) groups excluding carboxylic acids is 3. The Bertz CT molecular complexity index is 672. The molecule has 14 nitrogen and oxygen atoms in total. The number of amidine groups is 1. The molecule has 194 valence electrons. The van der Waals surface area contributed by atoms with Gasteiger partial charge in [0.15, 0.2) is 0 Å². The van der Waals surface area contributed by atoms with E-state index >= 15 is 0 Å². The van der Waals surface area contributed by atoms with E-state index in [9.17, 15) is 34.6 Å². The number of aliphatic imine (C=N–C) groups is 1. The minimum absolute atomic E-state index is 0.00522. The molecule has 0 rings (SSSR count). The smallest absolute Gasteiger partial charge is 0.294 e. The third kappa shape index (κ3) is 20.6. The predicted octanol–water partition coefficient (Wildman–Crippen LogP) is 2.12. The molecule has 0 amide bonds. The summed E-state index contributed by atoms with van der Waals surface area (Å²) in [5, 5.41) is 18.3. The van der Waals surface area contributed by atoms with E-state index in [1.54, 1.807) is 0 Å². The molecule has 1 atom stereocenters. The monoisotopic (exact) mass is 490 g/mol. The van der Waals surface area contributed by atoms with E-state index in [1.807, 2.05) is 0 Å². The molecule has 2 N–H and O–H groups in total. The summed E-state index contributed by atoms with van der Waals surface area (Å²) in [4.78, 5) is 67.2. The number of nitrogens with two attached hydrogens (primary N) is 1. The van der Waals surface area contributed by atoms with Crippen LogP contribution in [0.4, 0.5) is 0 Å². The molecule has 0 radical (unpaired) electrons. The highest BCUT2D eigenvalue weighted by Crippen LogP contribution is 2.11. The van der Waals surface area contributed by atoms with Gasteiger partial charge >= 0.3 is 0 Å². The van der Waals surface area contributed by atoms with Crippen LogP contribution in [0, 0.1) is 20.2 Å². The van der Waals surface area contributed by atoms with E-state index in [2.05, 4.69) is 14.7 Å². The van der Waals surface area contributed by atoms with Crippen molar-refractivity contribution in [3.05, 3.63) is 20.2 Å². The van der Waals surface area contributed by atoms with Gasteiger partial charge in [-0.2, -0.15) is 0 Å². The third-order valence-corrected chi connectivity index (χ3v) is 4.67. The van der Waals surface area contributed by atoms with E-state index in [-0.39, 0.29) is 49.9 Å². The van der Waals surface area contributed by atoms with Crippen molar-refractivity contribution in [2.24, 2.45) is 10.7 Å². The standard InChI is InChI=1S/C20H34N4O10/c21-20(15-18(27)9-4-2-6-13-34-24(30)31)22-11-7-10-19(32-16-25)14-17(26)8-3-1-5-12-33-23(28)29/h16,19H,1-15H2,(H2,21,22). The van der Waals surface area contributed by atoms with Crippen LogP contribution < -0.4 is 5.73 Å². The number of Topliss-reactive ketones (excluding diaryl/α,β-unsaturated/α-hetero) is 2. The molecular formula is C20H34N4O10. The maximum absolute atomic E-state index is 12.0. The number of rotatable bonds is 24. The van der Waals surface area contributed by atoms with Gasteiger partial charge in [0.2, 0.25) is 0 Å². The molecule has 0 aliphatic heterocycles. The van der Waals surface area contributed by atoms with Crippen LogP contribution in [-0.2, 0) is 28.8 Å². The van der Waals surface area contributed by atoms with Crippen LogP contribution in [0.15, 0.2) is 4.99 Å². The van der Waals surface area contributed by atoms with Gasteiger partial charge in [-0.1, -0.05) is 12.8 Å². The molecular weight excluding hydrogens is 456 g/mol. The summed E-state index contributed by atoms with van der Waals surface area (Å²) >= 11 is 0. The highest BCUT2D eigenvalue weighted by molar-refractivity contribution is 5.99. The van der Waals surface area contributed by atoms with Crippen molar-refractivity contribution >= 4 is 23.9 Å². The summed E-state index contributed by atoms with van der Waals surface area (Å²) in [6.07, 6.45) is 4.39. The number of hydrogen-bond donors (Lipinski definition) is 1. The molecule has 0 aromatic carbocycles. The van der Waals surface area contributed by atoms with Crippen LogP contribution in [0.3, 0.4) is 0 Å². The number of ketones is 2. The van der Waals surface area contributed by atoms with Crippen molar-refractivity contribution in [1.82, 2.24) is 0 Å². The summed E-state index contributed by atoms with van der Waals surface area (Å²) in [5.41, 5.74) is 5.77. The Morgan fingerprint density at radius 1 is 0.882 bits per heavy atom. The van der Waals surface area contributed by atoms with Crippen molar-refractivity contribution in [2.75, 3.05) is 19.8 Å². The highest BCUT2D eigenvalue weighted by atomic mass is 17.0. The zero-order valence-corrected chi connectivity index (χ0v) is 19.3. The minimum Gasteiger partial charge on any atom is -0.464 e. The average molecular weight is 491 g/mol. The molecule has 0 fully saturated rings. The molecule has 1 unspecified atom stereocenters. The molecule has 0 aromatic heterocycles. The van der Waals surface area contributed by atoms with Crippen molar-refractivity contribution in [2.45, 2.75) is 83.2 Å². The maximum atomic E-state index is 12.0. The lowest BCUT2D eigenvalue weighted by atomic mass is 10.0. The Labute approximate surface area is 197 Å². The van der Waals surface area contributed by atoms with Crippen LogP contribution in [0.5, 0.6) is 0 Å². The Balaban J connectivity index is 4.01. The van der Waals surface area contributed by atoms with Gasteiger partial charge in [-0.15, -0.1) is 20.2 Å². The highest BCUT2D eigenvalue weighted by Gasteiger charge is 2.14. The molecule has 0 aliphatic rings. The lowest BCUT2D eigenvalue weighted by molar-refractivity contribution is -0.757. The van der Waals surface area contributed by atoms with Crippen LogP contribution in [-0.4, -0.2) is 59.9 Å². The average Bonchev–Trinajstić information content (AvgIpc) is 2.75. The largest absolute Gasteiger partial charge is 0.464 e. The number of nitrogens with zero attached hydrogens (tertiary/aromatic N) is 3. The summed E-state index contributed by atoms with van der Waals surface area (Å²) in [5.74, 6) is 0.0569. The molecule has 0 aromatic rings. The molecule has 14 heteroatoms. The molecule has 0 aliphatic carbocycles. The second-order valence-corrected chi connectivity index (χ2v) is 7.56. The van der Waals surface area contributed by atoms with Gasteiger partial charge < -0.3 is 20.1 Å². The lowest BCUT2D eigenvalue weighted by Gasteiger charge is -2.14. The maximum Gasteiger partial charge on any atom is 0.294 e. The number of unbranched alkanes of at least 4 members (excludes halogenated alkanes) is 4. The Kier molecular flexibility index (Phi) is 18.3. The fourth-order valence-corrected chi connectivity index (χ4v) is 3.02.